The van der Waals surface area contributed by atoms with Gasteiger partial charge in [-0.15, -0.1) is 0 Å². The third-order valence-electron chi connectivity index (χ3n) is 4.02. The minimum atomic E-state index is -0.436. The summed E-state index contributed by atoms with van der Waals surface area (Å²) in [5.74, 6) is 0.730. The van der Waals surface area contributed by atoms with Crippen molar-refractivity contribution < 1.29 is 9.53 Å². The molecule has 0 fully saturated rings. The van der Waals surface area contributed by atoms with Crippen LogP contribution in [0, 0.1) is 0 Å². The van der Waals surface area contributed by atoms with Crippen molar-refractivity contribution >= 4 is 17.3 Å². The van der Waals surface area contributed by atoms with Crippen molar-refractivity contribution in [3.8, 4) is 5.75 Å². The number of carbonyl (C=O) groups excluding carboxylic acids is 1. The van der Waals surface area contributed by atoms with E-state index >= 15 is 0 Å². The van der Waals surface area contributed by atoms with E-state index in [2.05, 4.69) is 10.6 Å². The second-order valence-corrected chi connectivity index (χ2v) is 5.46. The average Bonchev–Trinajstić information content (AvgIpc) is 3.13. The molecule has 0 aliphatic carbocycles. The maximum Gasteiger partial charge on any atom is 0.265 e. The van der Waals surface area contributed by atoms with Gasteiger partial charge in [-0.25, -0.2) is 0 Å². The Morgan fingerprint density at radius 2 is 2.10 bits per heavy atom. The van der Waals surface area contributed by atoms with E-state index in [0.717, 1.165) is 35.7 Å². The lowest BCUT2D eigenvalue weighted by molar-refractivity contribution is -0.122. The normalized spacial score (nSPS) is 18.4. The first-order valence-corrected chi connectivity index (χ1v) is 7.22. The quantitative estimate of drug-likeness (QED) is 0.889. The summed E-state index contributed by atoms with van der Waals surface area (Å²) in [6, 6.07) is 13.8. The molecule has 4 heteroatoms. The maximum absolute atomic E-state index is 12.3. The van der Waals surface area contributed by atoms with Crippen LogP contribution in [0.5, 0.6) is 5.75 Å². The van der Waals surface area contributed by atoms with Crippen LogP contribution in [0.25, 0.3) is 0 Å². The Morgan fingerprint density at radius 1 is 1.19 bits per heavy atom. The SMILES string of the molecule is O=C(Nc1ccc2c(c1)CCN2)C1Cc2ccccc2O1. The number of fused-ring (bicyclic) bond motifs is 2. The molecule has 0 saturated heterocycles. The molecule has 2 aromatic rings. The highest BCUT2D eigenvalue weighted by atomic mass is 16.5. The summed E-state index contributed by atoms with van der Waals surface area (Å²) in [5.41, 5.74) is 4.35. The zero-order valence-corrected chi connectivity index (χ0v) is 11.6. The fourth-order valence-electron chi connectivity index (χ4n) is 2.93. The van der Waals surface area contributed by atoms with E-state index in [1.54, 1.807) is 0 Å². The number of amides is 1. The summed E-state index contributed by atoms with van der Waals surface area (Å²) < 4.78 is 5.71. The number of rotatable bonds is 2. The fraction of sp³-hybridized carbons (Fsp3) is 0.235. The van der Waals surface area contributed by atoms with Crippen molar-refractivity contribution in [2.45, 2.75) is 18.9 Å². The molecule has 2 aliphatic rings. The highest BCUT2D eigenvalue weighted by Crippen LogP contribution is 2.29. The summed E-state index contributed by atoms with van der Waals surface area (Å²) in [4.78, 5) is 12.3. The van der Waals surface area contributed by atoms with E-state index in [1.165, 1.54) is 5.56 Å². The molecule has 1 amide bonds. The first-order chi connectivity index (χ1) is 10.3. The van der Waals surface area contributed by atoms with Gasteiger partial charge in [0, 0.05) is 24.3 Å². The van der Waals surface area contributed by atoms with Crippen molar-refractivity contribution in [2.24, 2.45) is 0 Å². The van der Waals surface area contributed by atoms with Crippen LogP contribution in [0.1, 0.15) is 11.1 Å². The van der Waals surface area contributed by atoms with Crippen LogP contribution in [0.4, 0.5) is 11.4 Å². The predicted octanol–water partition coefficient (Wildman–Crippen LogP) is 2.60. The van der Waals surface area contributed by atoms with Crippen LogP contribution in [-0.2, 0) is 17.6 Å². The molecule has 0 spiro atoms. The van der Waals surface area contributed by atoms with Crippen molar-refractivity contribution in [3.05, 3.63) is 53.6 Å². The predicted molar refractivity (Wildman–Crippen MR) is 81.8 cm³/mol. The Morgan fingerprint density at radius 3 is 3.00 bits per heavy atom. The summed E-state index contributed by atoms with van der Waals surface area (Å²) in [6.07, 6.45) is 1.20. The third-order valence-corrected chi connectivity index (χ3v) is 4.02. The van der Waals surface area contributed by atoms with Crippen LogP contribution in [0.2, 0.25) is 0 Å². The third kappa shape index (κ3) is 2.23. The molecular formula is C17H16N2O2. The van der Waals surface area contributed by atoms with E-state index in [0.29, 0.717) is 6.42 Å². The van der Waals surface area contributed by atoms with Gasteiger partial charge in [0.25, 0.3) is 5.91 Å². The van der Waals surface area contributed by atoms with Gasteiger partial charge in [0.15, 0.2) is 6.10 Å². The monoisotopic (exact) mass is 280 g/mol. The lowest BCUT2D eigenvalue weighted by Gasteiger charge is -2.12. The molecule has 2 aliphatic heterocycles. The molecule has 0 bridgehead atoms. The Hall–Kier alpha value is -2.49. The van der Waals surface area contributed by atoms with Gasteiger partial charge >= 0.3 is 0 Å². The molecule has 4 rings (SSSR count). The molecule has 4 nitrogen and oxygen atoms in total. The van der Waals surface area contributed by atoms with Crippen molar-refractivity contribution in [1.82, 2.24) is 0 Å². The molecule has 2 N–H and O–H groups in total. The van der Waals surface area contributed by atoms with E-state index in [1.807, 2.05) is 42.5 Å². The number of anilines is 2. The molecule has 2 aromatic carbocycles. The first-order valence-electron chi connectivity index (χ1n) is 7.22. The molecule has 0 aromatic heterocycles. The minimum Gasteiger partial charge on any atom is -0.480 e. The summed E-state index contributed by atoms with van der Waals surface area (Å²) in [6.45, 7) is 0.966. The van der Waals surface area contributed by atoms with Crippen LogP contribution in [0.15, 0.2) is 42.5 Å². The number of carbonyl (C=O) groups is 1. The minimum absolute atomic E-state index is 0.0860. The number of hydrogen-bond donors (Lipinski definition) is 2. The van der Waals surface area contributed by atoms with Gasteiger partial charge in [-0.3, -0.25) is 4.79 Å². The zero-order chi connectivity index (χ0) is 14.2. The van der Waals surface area contributed by atoms with Crippen LogP contribution in [0.3, 0.4) is 0 Å². The van der Waals surface area contributed by atoms with Crippen molar-refractivity contribution in [1.29, 1.82) is 0 Å². The number of hydrogen-bond acceptors (Lipinski definition) is 3. The molecule has 1 atom stereocenters. The molecule has 106 valence electrons. The standard InChI is InChI=1S/C17H16N2O2/c20-17(16-10-12-3-1-2-4-15(12)21-16)19-13-5-6-14-11(9-13)7-8-18-14/h1-6,9,16,18H,7-8,10H2,(H,19,20). The molecule has 21 heavy (non-hydrogen) atoms. The topological polar surface area (TPSA) is 50.4 Å². The van der Waals surface area contributed by atoms with Crippen molar-refractivity contribution in [3.63, 3.8) is 0 Å². The molecule has 0 saturated carbocycles. The number of benzene rings is 2. The number of nitrogens with one attached hydrogen (secondary N) is 2. The summed E-state index contributed by atoms with van der Waals surface area (Å²) in [5, 5.41) is 6.27. The number of ether oxygens (including phenoxy) is 1. The highest BCUT2D eigenvalue weighted by molar-refractivity contribution is 5.95. The second kappa shape index (κ2) is 4.81. The Balaban J connectivity index is 1.47. The van der Waals surface area contributed by atoms with Crippen LogP contribution < -0.4 is 15.4 Å². The van der Waals surface area contributed by atoms with Gasteiger partial charge in [-0.1, -0.05) is 18.2 Å². The van der Waals surface area contributed by atoms with Gasteiger partial charge in [0.2, 0.25) is 0 Å². The molecule has 1 unspecified atom stereocenters. The largest absolute Gasteiger partial charge is 0.480 e. The van der Waals surface area contributed by atoms with E-state index < -0.39 is 6.10 Å². The summed E-state index contributed by atoms with van der Waals surface area (Å²) >= 11 is 0. The Kier molecular flexibility index (Phi) is 2.81. The Labute approximate surface area is 123 Å². The van der Waals surface area contributed by atoms with Gasteiger partial charge in [-0.05, 0) is 41.8 Å². The Bertz CT molecular complexity index is 687. The lowest BCUT2D eigenvalue weighted by Crippen LogP contribution is -2.31. The highest BCUT2D eigenvalue weighted by Gasteiger charge is 2.28. The van der Waals surface area contributed by atoms with E-state index in [9.17, 15) is 4.79 Å². The second-order valence-electron chi connectivity index (χ2n) is 5.46. The van der Waals surface area contributed by atoms with E-state index in [-0.39, 0.29) is 5.91 Å². The van der Waals surface area contributed by atoms with Gasteiger partial charge in [0.05, 0.1) is 0 Å². The lowest BCUT2D eigenvalue weighted by atomic mass is 10.1. The van der Waals surface area contributed by atoms with Crippen LogP contribution in [-0.4, -0.2) is 18.6 Å². The zero-order valence-electron chi connectivity index (χ0n) is 11.6. The van der Waals surface area contributed by atoms with Gasteiger partial charge < -0.3 is 15.4 Å². The molecule has 0 radical (unpaired) electrons. The smallest absolute Gasteiger partial charge is 0.265 e. The maximum atomic E-state index is 12.3. The molecule has 2 heterocycles. The number of para-hydroxylation sites is 1. The van der Waals surface area contributed by atoms with Gasteiger partial charge in [0.1, 0.15) is 5.75 Å². The van der Waals surface area contributed by atoms with Crippen LogP contribution >= 0.6 is 0 Å². The van der Waals surface area contributed by atoms with Crippen molar-refractivity contribution in [2.75, 3.05) is 17.2 Å². The average molecular weight is 280 g/mol. The summed E-state index contributed by atoms with van der Waals surface area (Å²) in [7, 11) is 0. The van der Waals surface area contributed by atoms with E-state index in [4.69, 9.17) is 4.74 Å². The fourth-order valence-corrected chi connectivity index (χ4v) is 2.93. The van der Waals surface area contributed by atoms with Gasteiger partial charge in [-0.2, -0.15) is 0 Å². The molecular weight excluding hydrogens is 264 g/mol. The first kappa shape index (κ1) is 12.3.